The maximum absolute atomic E-state index is 13.3. The molecule has 1 unspecified atom stereocenters. The van der Waals surface area contributed by atoms with Crippen molar-refractivity contribution in [2.75, 3.05) is 13.1 Å². The molecule has 150 valence electrons. The smallest absolute Gasteiger partial charge is 0.263 e. The fourth-order valence-electron chi connectivity index (χ4n) is 4.59. The molecular formula is C21H28N4O3. The van der Waals surface area contributed by atoms with Gasteiger partial charge in [-0.3, -0.25) is 14.7 Å². The molecule has 2 aliphatic rings. The monoisotopic (exact) mass is 384 g/mol. The predicted molar refractivity (Wildman–Crippen MR) is 105 cm³/mol. The van der Waals surface area contributed by atoms with Crippen LogP contribution in [0.2, 0.25) is 0 Å². The summed E-state index contributed by atoms with van der Waals surface area (Å²) < 4.78 is 1.71. The van der Waals surface area contributed by atoms with Crippen molar-refractivity contribution in [3.05, 3.63) is 51.7 Å². The van der Waals surface area contributed by atoms with E-state index < -0.39 is 0 Å². The fourth-order valence-corrected chi connectivity index (χ4v) is 4.59. The van der Waals surface area contributed by atoms with Crippen LogP contribution < -0.4 is 5.56 Å². The quantitative estimate of drug-likeness (QED) is 0.850. The highest BCUT2D eigenvalue weighted by Crippen LogP contribution is 2.29. The molecule has 28 heavy (non-hydrogen) atoms. The van der Waals surface area contributed by atoms with Crippen LogP contribution in [0, 0.1) is 6.92 Å². The molecule has 1 aliphatic carbocycles. The number of amides is 1. The highest BCUT2D eigenvalue weighted by Gasteiger charge is 2.30. The number of nitrogens with zero attached hydrogens (tertiary/aromatic N) is 3. The summed E-state index contributed by atoms with van der Waals surface area (Å²) in [5, 5.41) is 16.8. The van der Waals surface area contributed by atoms with Crippen molar-refractivity contribution < 1.29 is 9.90 Å². The Labute approximate surface area is 164 Å². The normalized spacial score (nSPS) is 25.6. The lowest BCUT2D eigenvalue weighted by molar-refractivity contribution is 0.0700. The standard InChI is InChI=1S/C21H28N4O3/c1-14-9-12-25(16-4-6-17(26)7-5-16)21(28)19(14)20(27)24-11-2-3-15(13-24)18-8-10-22-23-18/h8-10,12,15-17,26H,2-7,11,13H2,1H3,(H,22,23). The lowest BCUT2D eigenvalue weighted by Gasteiger charge is -2.33. The topological polar surface area (TPSA) is 91.2 Å². The first kappa shape index (κ1) is 18.9. The number of hydrogen-bond donors (Lipinski definition) is 2. The highest BCUT2D eigenvalue weighted by molar-refractivity contribution is 5.95. The van der Waals surface area contributed by atoms with E-state index in [1.165, 1.54) is 0 Å². The molecule has 1 atom stereocenters. The Hall–Kier alpha value is -2.41. The van der Waals surface area contributed by atoms with Gasteiger partial charge in [0.1, 0.15) is 5.56 Å². The van der Waals surface area contributed by atoms with Crippen LogP contribution in [0.1, 0.15) is 72.1 Å². The Balaban J connectivity index is 1.58. The molecule has 1 saturated carbocycles. The predicted octanol–water partition coefficient (Wildman–Crippen LogP) is 2.38. The van der Waals surface area contributed by atoms with Gasteiger partial charge < -0.3 is 14.6 Å². The Kier molecular flexibility index (Phi) is 5.35. The molecule has 1 saturated heterocycles. The van der Waals surface area contributed by atoms with Crippen LogP contribution in [0.3, 0.4) is 0 Å². The van der Waals surface area contributed by atoms with E-state index in [-0.39, 0.29) is 29.5 Å². The number of carbonyl (C=O) groups excluding carboxylic acids is 1. The molecule has 0 aromatic carbocycles. The summed E-state index contributed by atoms with van der Waals surface area (Å²) in [6.07, 6.45) is 8.12. The average molecular weight is 384 g/mol. The van der Waals surface area contributed by atoms with Gasteiger partial charge in [0.15, 0.2) is 0 Å². The third-order valence-corrected chi connectivity index (χ3v) is 6.27. The van der Waals surface area contributed by atoms with Gasteiger partial charge in [-0.1, -0.05) is 0 Å². The van der Waals surface area contributed by atoms with Gasteiger partial charge in [0.2, 0.25) is 0 Å². The molecule has 1 aliphatic heterocycles. The van der Waals surface area contributed by atoms with Crippen LogP contribution in [0.25, 0.3) is 0 Å². The lowest BCUT2D eigenvalue weighted by Crippen LogP contribution is -2.43. The summed E-state index contributed by atoms with van der Waals surface area (Å²) in [6.45, 7) is 3.11. The van der Waals surface area contributed by atoms with Crippen molar-refractivity contribution in [2.24, 2.45) is 0 Å². The number of likely N-dealkylation sites (tertiary alicyclic amines) is 1. The number of nitrogens with one attached hydrogen (secondary N) is 1. The number of aromatic nitrogens is 3. The summed E-state index contributed by atoms with van der Waals surface area (Å²) in [5.41, 5.74) is 1.86. The third-order valence-electron chi connectivity index (χ3n) is 6.27. The third kappa shape index (κ3) is 3.63. The molecule has 2 aromatic heterocycles. The van der Waals surface area contributed by atoms with Gasteiger partial charge in [0.25, 0.3) is 11.5 Å². The summed E-state index contributed by atoms with van der Waals surface area (Å²) in [6, 6.07) is 3.88. The van der Waals surface area contributed by atoms with E-state index in [1.54, 1.807) is 17.0 Å². The summed E-state index contributed by atoms with van der Waals surface area (Å²) in [4.78, 5) is 28.3. The van der Waals surface area contributed by atoms with Gasteiger partial charge in [-0.15, -0.1) is 0 Å². The number of H-pyrrole nitrogens is 1. The fraction of sp³-hybridized carbons (Fsp3) is 0.571. The van der Waals surface area contributed by atoms with E-state index in [0.717, 1.165) is 36.9 Å². The number of aromatic amines is 1. The van der Waals surface area contributed by atoms with Gasteiger partial charge in [-0.05, 0) is 63.1 Å². The zero-order valence-electron chi connectivity index (χ0n) is 16.3. The zero-order chi connectivity index (χ0) is 19.7. The number of aryl methyl sites for hydroxylation is 1. The maximum atomic E-state index is 13.3. The lowest BCUT2D eigenvalue weighted by atomic mass is 9.92. The largest absolute Gasteiger partial charge is 0.393 e. The van der Waals surface area contributed by atoms with E-state index in [2.05, 4.69) is 10.2 Å². The van der Waals surface area contributed by atoms with Crippen LogP contribution >= 0.6 is 0 Å². The van der Waals surface area contributed by atoms with Crippen molar-refractivity contribution in [1.82, 2.24) is 19.7 Å². The molecule has 3 heterocycles. The number of piperidine rings is 1. The van der Waals surface area contributed by atoms with Crippen LogP contribution in [-0.4, -0.2) is 49.9 Å². The Morgan fingerprint density at radius 3 is 2.71 bits per heavy atom. The maximum Gasteiger partial charge on any atom is 0.263 e. The molecule has 2 fully saturated rings. The Morgan fingerprint density at radius 2 is 2.00 bits per heavy atom. The van der Waals surface area contributed by atoms with E-state index in [0.29, 0.717) is 31.5 Å². The molecule has 2 aromatic rings. The van der Waals surface area contributed by atoms with Crippen LogP contribution in [0.4, 0.5) is 0 Å². The number of aliphatic hydroxyl groups is 1. The van der Waals surface area contributed by atoms with Crippen LogP contribution in [-0.2, 0) is 0 Å². The molecule has 7 heteroatoms. The van der Waals surface area contributed by atoms with Gasteiger partial charge in [-0.25, -0.2) is 0 Å². The molecule has 2 N–H and O–H groups in total. The molecular weight excluding hydrogens is 356 g/mol. The SMILES string of the molecule is Cc1ccn(C2CCC(O)CC2)c(=O)c1C(=O)N1CCCC(c2ccn[nH]2)C1. The number of rotatable bonds is 3. The molecule has 4 rings (SSSR count). The molecule has 0 spiro atoms. The van der Waals surface area contributed by atoms with Crippen molar-refractivity contribution in [3.63, 3.8) is 0 Å². The van der Waals surface area contributed by atoms with E-state index in [9.17, 15) is 14.7 Å². The van der Waals surface area contributed by atoms with Crippen molar-refractivity contribution >= 4 is 5.91 Å². The minimum Gasteiger partial charge on any atom is -0.393 e. The number of aliphatic hydroxyl groups excluding tert-OH is 1. The Morgan fingerprint density at radius 1 is 1.21 bits per heavy atom. The number of pyridine rings is 1. The van der Waals surface area contributed by atoms with Gasteiger partial charge >= 0.3 is 0 Å². The second kappa shape index (κ2) is 7.91. The van der Waals surface area contributed by atoms with Gasteiger partial charge in [0, 0.05) is 43.1 Å². The second-order valence-corrected chi connectivity index (χ2v) is 8.15. The van der Waals surface area contributed by atoms with Crippen molar-refractivity contribution in [1.29, 1.82) is 0 Å². The Bertz CT molecular complexity index is 882. The van der Waals surface area contributed by atoms with Crippen molar-refractivity contribution in [3.8, 4) is 0 Å². The zero-order valence-corrected chi connectivity index (χ0v) is 16.3. The van der Waals surface area contributed by atoms with E-state index in [1.807, 2.05) is 24.0 Å². The first-order valence-electron chi connectivity index (χ1n) is 10.2. The first-order chi connectivity index (χ1) is 13.5. The molecule has 1 amide bonds. The van der Waals surface area contributed by atoms with Crippen LogP contribution in [0.15, 0.2) is 29.3 Å². The number of carbonyl (C=O) groups is 1. The minimum atomic E-state index is -0.272. The summed E-state index contributed by atoms with van der Waals surface area (Å²) in [5.74, 6) is 0.0585. The summed E-state index contributed by atoms with van der Waals surface area (Å²) >= 11 is 0. The molecule has 7 nitrogen and oxygen atoms in total. The van der Waals surface area contributed by atoms with Crippen molar-refractivity contribution in [2.45, 2.75) is 63.5 Å². The van der Waals surface area contributed by atoms with Gasteiger partial charge in [-0.2, -0.15) is 5.10 Å². The molecule has 0 bridgehead atoms. The minimum absolute atomic E-state index is 0.0575. The average Bonchev–Trinajstić information content (AvgIpc) is 3.24. The second-order valence-electron chi connectivity index (χ2n) is 8.15. The highest BCUT2D eigenvalue weighted by atomic mass is 16.3. The first-order valence-corrected chi connectivity index (χ1v) is 10.2. The van der Waals surface area contributed by atoms with E-state index >= 15 is 0 Å². The van der Waals surface area contributed by atoms with Gasteiger partial charge in [0.05, 0.1) is 6.10 Å². The number of hydrogen-bond acceptors (Lipinski definition) is 4. The van der Waals surface area contributed by atoms with Crippen LogP contribution in [0.5, 0.6) is 0 Å². The molecule has 0 radical (unpaired) electrons. The van der Waals surface area contributed by atoms with E-state index in [4.69, 9.17) is 0 Å². The summed E-state index contributed by atoms with van der Waals surface area (Å²) in [7, 11) is 0.